The first-order valence-electron chi connectivity index (χ1n) is 25.1. The van der Waals surface area contributed by atoms with Crippen molar-refractivity contribution in [3.63, 3.8) is 0 Å². The van der Waals surface area contributed by atoms with Gasteiger partial charge in [0.1, 0.15) is 19.6 Å². The molecule has 37 nitrogen and oxygen atoms in total. The van der Waals surface area contributed by atoms with E-state index in [4.69, 9.17) is 0 Å². The second-order valence-electron chi connectivity index (χ2n) is 19.6. The van der Waals surface area contributed by atoms with Crippen molar-refractivity contribution in [2.24, 2.45) is 0 Å². The molecule has 8 aromatic carbocycles. The van der Waals surface area contributed by atoms with E-state index in [2.05, 4.69) is 31.9 Å². The number of carboxylic acid groups (broad SMARTS) is 4. The first kappa shape index (κ1) is 70.6. The fraction of sp³-hybridized carbons (Fsp3) is 0. The summed E-state index contributed by atoms with van der Waals surface area (Å²) in [5.41, 5.74) is -9.29. The molecule has 6 amide bonds. The third-order valence-electron chi connectivity index (χ3n) is 13.0. The zero-order valence-corrected chi connectivity index (χ0v) is 51.4. The molecule has 0 radical (unpaired) electrons. The predicted octanol–water partition coefficient (Wildman–Crippen LogP) is 4.92. The standard InChI is InChI=1S/C53H36N6O31S6/c60-45(54-29-9-23(7-25(13-29)49(64)65)47(62)58-37-1-3-39(93(79,80)81)35-17-33(91(73,74)75)19-41(43(35)37)95(85,86)87)21-5-27(51(68)69)15-31(11-21)56-53(72)57-32-12-22(6-28(16-32)52(70)71)46(61)55-30-10-24(8-26(14-30)50(66)67)48(63)59-38-2-4-40(94(82,83)84)36-18-34(92(76,77)78)20-42(44(36)38)96(88,89)90/h1-20H,(H,54,60)(H,55,61)(H,58,62)(H,59,63)(H,64,65)(H,66,67)(H,68,69)(H,70,71)(H2,56,57,72)(H,73,74,75)(H,76,77,78)(H,79,80,81)(H,82,83,84)(H,85,86,87)(H,88,89,90). The summed E-state index contributed by atoms with van der Waals surface area (Å²) in [6.07, 6.45) is 0. The van der Waals surface area contributed by atoms with Gasteiger partial charge in [0.25, 0.3) is 84.3 Å². The van der Waals surface area contributed by atoms with Crippen molar-refractivity contribution >= 4 is 170 Å². The molecule has 0 saturated heterocycles. The van der Waals surface area contributed by atoms with Gasteiger partial charge in [-0.1, -0.05) is 0 Å². The Morgan fingerprint density at radius 1 is 0.260 bits per heavy atom. The van der Waals surface area contributed by atoms with Crippen molar-refractivity contribution in [1.29, 1.82) is 0 Å². The third-order valence-corrected chi connectivity index (χ3v) is 18.3. The number of rotatable bonds is 20. The fourth-order valence-electron chi connectivity index (χ4n) is 9.06. The summed E-state index contributed by atoms with van der Waals surface area (Å²) in [5, 5.41) is 48.7. The first-order valence-corrected chi connectivity index (χ1v) is 33.8. The maximum atomic E-state index is 13.8. The van der Waals surface area contributed by atoms with E-state index in [1.54, 1.807) is 0 Å². The molecule has 0 aliphatic carbocycles. The Kier molecular flexibility index (Phi) is 18.8. The third kappa shape index (κ3) is 15.9. The lowest BCUT2D eigenvalue weighted by Gasteiger charge is -2.16. The molecule has 0 aliphatic heterocycles. The number of fused-ring (bicyclic) bond motifs is 2. The van der Waals surface area contributed by atoms with Gasteiger partial charge in [-0.2, -0.15) is 50.5 Å². The van der Waals surface area contributed by atoms with Crippen LogP contribution in [0.15, 0.2) is 151 Å². The SMILES string of the molecule is O=C(Nc1cc(C(=O)O)cc(C(=O)Nc2cc(C(=O)O)cc(C(=O)Nc3ccc(S(=O)(=O)O)c4cc(S(=O)(=O)O)cc(S(=O)(=O)O)c34)c2)c1)Nc1cc(C(=O)O)cc(C(=O)Nc2cc(C(=O)O)cc(C(=O)Nc3ccc(S(=O)(=O)O)c4cc(S(=O)(=O)O)cc(S(=O)(=O)O)c34)c2)c1. The molecule has 8 aromatic rings. The van der Waals surface area contributed by atoms with E-state index in [0.717, 1.165) is 60.7 Å². The van der Waals surface area contributed by atoms with Gasteiger partial charge in [0.05, 0.1) is 43.4 Å². The molecule has 43 heteroatoms. The number of hydrogen-bond donors (Lipinski definition) is 16. The highest BCUT2D eigenvalue weighted by molar-refractivity contribution is 7.88. The average Bonchev–Trinajstić information content (AvgIpc) is 0.753. The Balaban J connectivity index is 1.05. The molecular weight excluding hydrogens is 1410 g/mol. The number of hydrogen-bond acceptors (Lipinski definition) is 21. The van der Waals surface area contributed by atoms with E-state index in [1.165, 1.54) is 0 Å². The zero-order chi connectivity index (χ0) is 71.4. The van der Waals surface area contributed by atoms with Crippen LogP contribution in [0.25, 0.3) is 21.5 Å². The van der Waals surface area contributed by atoms with E-state index >= 15 is 0 Å². The van der Waals surface area contributed by atoms with Gasteiger partial charge < -0.3 is 52.3 Å². The quantitative estimate of drug-likeness (QED) is 0.0450. The van der Waals surface area contributed by atoms with E-state index in [0.29, 0.717) is 48.5 Å². The van der Waals surface area contributed by atoms with Gasteiger partial charge in [-0.3, -0.25) is 46.5 Å². The first-order chi connectivity index (χ1) is 44.2. The molecule has 0 spiro atoms. The molecule has 8 rings (SSSR count). The van der Waals surface area contributed by atoms with Crippen LogP contribution in [0.3, 0.4) is 0 Å². The summed E-state index contributed by atoms with van der Waals surface area (Å²) in [7, 11) is -32.8. The largest absolute Gasteiger partial charge is 0.478 e. The topological polar surface area (TPSA) is 633 Å². The summed E-state index contributed by atoms with van der Waals surface area (Å²) in [4.78, 5) is 110. The number of benzene rings is 8. The molecule has 0 saturated carbocycles. The van der Waals surface area contributed by atoms with E-state index < -0.39 is 244 Å². The number of carboxylic acids is 4. The lowest BCUT2D eigenvalue weighted by molar-refractivity contribution is 0.0686. The Morgan fingerprint density at radius 3 is 0.740 bits per heavy atom. The normalized spacial score (nSPS) is 12.1. The molecular formula is C53H36N6O31S6. The summed E-state index contributed by atoms with van der Waals surface area (Å²) < 4.78 is 207. The summed E-state index contributed by atoms with van der Waals surface area (Å²) in [6, 6.07) is 11.3. The molecule has 0 heterocycles. The maximum absolute atomic E-state index is 13.8. The maximum Gasteiger partial charge on any atom is 0.335 e. The smallest absolute Gasteiger partial charge is 0.335 e. The fourth-order valence-corrected chi connectivity index (χ4v) is 13.1. The van der Waals surface area contributed by atoms with Crippen molar-refractivity contribution in [1.82, 2.24) is 0 Å². The van der Waals surface area contributed by atoms with Gasteiger partial charge in [-0.15, -0.1) is 0 Å². The van der Waals surface area contributed by atoms with Crippen LogP contribution in [0.2, 0.25) is 0 Å². The minimum absolute atomic E-state index is 0.164. The number of carbonyl (C=O) groups is 9. The van der Waals surface area contributed by atoms with E-state index in [1.807, 2.05) is 0 Å². The average molecular weight is 1450 g/mol. The second kappa shape index (κ2) is 25.6. The van der Waals surface area contributed by atoms with Crippen LogP contribution >= 0.6 is 0 Å². The van der Waals surface area contributed by atoms with Gasteiger partial charge in [0.15, 0.2) is 0 Å². The van der Waals surface area contributed by atoms with Crippen molar-refractivity contribution in [2.75, 3.05) is 31.9 Å². The summed E-state index contributed by atoms with van der Waals surface area (Å²) >= 11 is 0. The van der Waals surface area contributed by atoms with Gasteiger partial charge in [-0.25, -0.2) is 24.0 Å². The van der Waals surface area contributed by atoms with Gasteiger partial charge in [0, 0.05) is 66.5 Å². The van der Waals surface area contributed by atoms with Crippen LogP contribution in [0, 0.1) is 0 Å². The molecule has 0 bridgehead atoms. The Hall–Kier alpha value is -11.2. The lowest BCUT2D eigenvalue weighted by Crippen LogP contribution is -2.22. The summed E-state index contributed by atoms with van der Waals surface area (Å²) in [5.74, 6) is -12.4. The van der Waals surface area contributed by atoms with Crippen LogP contribution in [-0.2, 0) is 60.7 Å². The van der Waals surface area contributed by atoms with Gasteiger partial charge in [-0.05, 0) is 121 Å². The Labute approximate surface area is 535 Å². The molecule has 0 unspecified atom stereocenters. The van der Waals surface area contributed by atoms with Crippen LogP contribution in [0.5, 0.6) is 0 Å². The predicted molar refractivity (Wildman–Crippen MR) is 325 cm³/mol. The number of urea groups is 1. The van der Waals surface area contributed by atoms with Crippen molar-refractivity contribution in [2.45, 2.75) is 29.4 Å². The molecule has 0 aliphatic rings. The van der Waals surface area contributed by atoms with Crippen LogP contribution in [0.4, 0.5) is 38.9 Å². The van der Waals surface area contributed by atoms with E-state index in [-0.39, 0.29) is 12.1 Å². The van der Waals surface area contributed by atoms with Crippen LogP contribution < -0.4 is 31.9 Å². The van der Waals surface area contributed by atoms with Crippen molar-refractivity contribution in [3.8, 4) is 0 Å². The molecule has 96 heavy (non-hydrogen) atoms. The summed E-state index contributed by atoms with van der Waals surface area (Å²) in [6.45, 7) is 0. The number of carbonyl (C=O) groups excluding carboxylic acids is 5. The monoisotopic (exact) mass is 1440 g/mol. The second-order valence-corrected chi connectivity index (χ2v) is 28.0. The number of anilines is 6. The van der Waals surface area contributed by atoms with Gasteiger partial charge >= 0.3 is 29.9 Å². The highest BCUT2D eigenvalue weighted by atomic mass is 32.2. The van der Waals surface area contributed by atoms with Crippen molar-refractivity contribution in [3.05, 3.63) is 166 Å². The molecule has 0 fully saturated rings. The van der Waals surface area contributed by atoms with Crippen LogP contribution in [-0.4, -0.2) is 152 Å². The van der Waals surface area contributed by atoms with Crippen LogP contribution in [0.1, 0.15) is 82.9 Å². The van der Waals surface area contributed by atoms with Crippen molar-refractivity contribution < 1.29 is 141 Å². The Bertz CT molecular complexity index is 5260. The van der Waals surface area contributed by atoms with Gasteiger partial charge in [0.2, 0.25) is 0 Å². The highest BCUT2D eigenvalue weighted by Gasteiger charge is 2.31. The number of amides is 6. The Morgan fingerprint density at radius 2 is 0.500 bits per heavy atom. The number of nitrogens with one attached hydrogen (secondary N) is 6. The minimum atomic E-state index is -5.62. The highest BCUT2D eigenvalue weighted by Crippen LogP contribution is 2.39. The van der Waals surface area contributed by atoms with E-state index in [9.17, 15) is 141 Å². The minimum Gasteiger partial charge on any atom is -0.478 e. The number of aromatic carboxylic acids is 4. The zero-order valence-electron chi connectivity index (χ0n) is 46.5. The molecule has 0 aromatic heterocycles. The lowest BCUT2D eigenvalue weighted by atomic mass is 10.1. The molecule has 500 valence electrons. The molecule has 0 atom stereocenters. The molecule has 16 N–H and O–H groups in total.